The molecule has 0 fully saturated rings. The normalized spacial score (nSPS) is 13.5. The highest BCUT2D eigenvalue weighted by molar-refractivity contribution is 5.93. The minimum atomic E-state index is -0.744. The van der Waals surface area contributed by atoms with Gasteiger partial charge in [-0.05, 0) is 31.2 Å². The first-order chi connectivity index (χ1) is 10.5. The van der Waals surface area contributed by atoms with E-state index in [2.05, 4.69) is 10.3 Å². The highest BCUT2D eigenvalue weighted by Crippen LogP contribution is 2.18. The highest BCUT2D eigenvalue weighted by Gasteiger charge is 2.17. The first-order valence-electron chi connectivity index (χ1n) is 7.13. The molecule has 0 aromatic carbocycles. The molecule has 0 spiro atoms. The lowest BCUT2D eigenvalue weighted by Gasteiger charge is -2.17. The van der Waals surface area contributed by atoms with Crippen molar-refractivity contribution in [2.24, 2.45) is 0 Å². The van der Waals surface area contributed by atoms with E-state index in [0.29, 0.717) is 17.9 Å². The average Bonchev–Trinajstić information content (AvgIpc) is 3.01. The second-order valence-electron chi connectivity index (χ2n) is 5.44. The van der Waals surface area contributed by atoms with Gasteiger partial charge < -0.3 is 19.7 Å². The predicted molar refractivity (Wildman–Crippen MR) is 83.8 cm³/mol. The molecule has 0 aliphatic carbocycles. The van der Waals surface area contributed by atoms with Crippen LogP contribution in [0.5, 0.6) is 0 Å². The van der Waals surface area contributed by atoms with E-state index in [4.69, 9.17) is 4.42 Å². The number of furan rings is 1. The number of hydrogen-bond donors (Lipinski definition) is 2. The van der Waals surface area contributed by atoms with Gasteiger partial charge in [0.05, 0.1) is 6.26 Å². The molecule has 1 amide bonds. The molecule has 0 radical (unpaired) electrons. The van der Waals surface area contributed by atoms with E-state index in [0.717, 1.165) is 5.69 Å². The number of nitrogens with one attached hydrogen (secondary N) is 1. The lowest BCUT2D eigenvalue weighted by molar-refractivity contribution is 0.0898. The summed E-state index contributed by atoms with van der Waals surface area (Å²) in [5.41, 5.74) is 1.26. The molecular weight excluding hydrogens is 282 g/mol. The largest absolute Gasteiger partial charge is 0.467 e. The minimum Gasteiger partial charge on any atom is -0.467 e. The first kappa shape index (κ1) is 16.0. The van der Waals surface area contributed by atoms with Gasteiger partial charge >= 0.3 is 0 Å². The molecule has 0 aliphatic heterocycles. The molecule has 2 rings (SSSR count). The van der Waals surface area contributed by atoms with E-state index in [-0.39, 0.29) is 11.9 Å². The number of nitrogens with zero attached hydrogens (tertiary/aromatic N) is 2. The van der Waals surface area contributed by atoms with Crippen molar-refractivity contribution >= 4 is 11.6 Å². The third kappa shape index (κ3) is 4.08. The average molecular weight is 303 g/mol. The van der Waals surface area contributed by atoms with E-state index in [1.807, 2.05) is 32.0 Å². The Labute approximate surface area is 129 Å². The number of aliphatic hydroxyl groups is 1. The van der Waals surface area contributed by atoms with Gasteiger partial charge in [0.2, 0.25) is 0 Å². The first-order valence-corrected chi connectivity index (χ1v) is 7.13. The van der Waals surface area contributed by atoms with Crippen molar-refractivity contribution < 1.29 is 14.3 Å². The van der Waals surface area contributed by atoms with E-state index in [1.165, 1.54) is 6.26 Å². The third-order valence-corrected chi connectivity index (χ3v) is 3.32. The molecule has 2 aromatic rings. The van der Waals surface area contributed by atoms with Crippen LogP contribution in [-0.2, 0) is 0 Å². The summed E-state index contributed by atoms with van der Waals surface area (Å²) in [6.07, 6.45) is 2.74. The van der Waals surface area contributed by atoms with Crippen LogP contribution < -0.4 is 10.2 Å². The van der Waals surface area contributed by atoms with Crippen molar-refractivity contribution in [3.05, 3.63) is 48.2 Å². The summed E-state index contributed by atoms with van der Waals surface area (Å²) >= 11 is 0. The molecular formula is C16H21N3O3. The molecule has 2 atom stereocenters. The summed E-state index contributed by atoms with van der Waals surface area (Å²) in [6.45, 7) is 1.83. The molecule has 0 saturated heterocycles. The van der Waals surface area contributed by atoms with Crippen molar-refractivity contribution in [1.29, 1.82) is 0 Å². The van der Waals surface area contributed by atoms with Gasteiger partial charge in [0, 0.05) is 38.4 Å². The van der Waals surface area contributed by atoms with Crippen LogP contribution in [0.25, 0.3) is 0 Å². The van der Waals surface area contributed by atoms with E-state index >= 15 is 0 Å². The number of rotatable bonds is 6. The van der Waals surface area contributed by atoms with Crippen LogP contribution >= 0.6 is 0 Å². The fourth-order valence-corrected chi connectivity index (χ4v) is 2.11. The van der Waals surface area contributed by atoms with Gasteiger partial charge in [-0.25, -0.2) is 0 Å². The number of anilines is 1. The smallest absolute Gasteiger partial charge is 0.270 e. The lowest BCUT2D eigenvalue weighted by Crippen LogP contribution is -2.34. The molecule has 0 bridgehead atoms. The van der Waals surface area contributed by atoms with Crippen LogP contribution in [-0.4, -0.2) is 36.1 Å². The molecule has 2 aromatic heterocycles. The van der Waals surface area contributed by atoms with Gasteiger partial charge in [-0.15, -0.1) is 0 Å². The SMILES string of the molecule is C[C@@H](C[C@@H](O)c1ccco1)NC(=O)c1cc(N(C)C)ccn1. The molecule has 0 unspecified atom stereocenters. The molecule has 6 nitrogen and oxygen atoms in total. The van der Waals surface area contributed by atoms with Crippen LogP contribution in [0.15, 0.2) is 41.1 Å². The summed E-state index contributed by atoms with van der Waals surface area (Å²) in [5.74, 6) is 0.233. The van der Waals surface area contributed by atoms with Crippen molar-refractivity contribution in [3.63, 3.8) is 0 Å². The second kappa shape index (κ2) is 7.09. The summed E-state index contributed by atoms with van der Waals surface area (Å²) in [6, 6.07) is 6.78. The van der Waals surface area contributed by atoms with Gasteiger partial charge in [-0.1, -0.05) is 0 Å². The monoisotopic (exact) mass is 303 g/mol. The molecule has 2 heterocycles. The molecule has 6 heteroatoms. The summed E-state index contributed by atoms with van der Waals surface area (Å²) < 4.78 is 5.15. The maximum atomic E-state index is 12.2. The summed E-state index contributed by atoms with van der Waals surface area (Å²) in [4.78, 5) is 18.2. The van der Waals surface area contributed by atoms with Gasteiger partial charge in [-0.3, -0.25) is 9.78 Å². The van der Waals surface area contributed by atoms with Crippen molar-refractivity contribution in [2.75, 3.05) is 19.0 Å². The Bertz CT molecular complexity index is 611. The second-order valence-corrected chi connectivity index (χ2v) is 5.44. The maximum Gasteiger partial charge on any atom is 0.270 e. The number of pyridine rings is 1. The molecule has 0 saturated carbocycles. The number of carbonyl (C=O) groups excluding carboxylic acids is 1. The van der Waals surface area contributed by atoms with E-state index in [1.54, 1.807) is 24.4 Å². The Morgan fingerprint density at radius 3 is 2.86 bits per heavy atom. The standard InChI is InChI=1S/C16H21N3O3/c1-11(9-14(20)15-5-4-8-22-15)18-16(21)13-10-12(19(2)3)6-7-17-13/h4-8,10-11,14,20H,9H2,1-3H3,(H,18,21)/t11-,14+/m0/s1. The van der Waals surface area contributed by atoms with Gasteiger partial charge in [0.1, 0.15) is 17.6 Å². The zero-order valence-corrected chi connectivity index (χ0v) is 13.0. The highest BCUT2D eigenvalue weighted by atomic mass is 16.4. The Morgan fingerprint density at radius 2 is 2.23 bits per heavy atom. The third-order valence-electron chi connectivity index (χ3n) is 3.32. The molecule has 118 valence electrons. The molecule has 2 N–H and O–H groups in total. The quantitative estimate of drug-likeness (QED) is 0.853. The molecule has 22 heavy (non-hydrogen) atoms. The van der Waals surface area contributed by atoms with Crippen LogP contribution in [0.4, 0.5) is 5.69 Å². The summed E-state index contributed by atoms with van der Waals surface area (Å²) in [7, 11) is 3.80. The topological polar surface area (TPSA) is 78.6 Å². The van der Waals surface area contributed by atoms with Crippen molar-refractivity contribution in [3.8, 4) is 0 Å². The van der Waals surface area contributed by atoms with E-state index < -0.39 is 6.10 Å². The maximum absolute atomic E-state index is 12.2. The number of amides is 1. The Balaban J connectivity index is 1.95. The van der Waals surface area contributed by atoms with Crippen LogP contribution in [0.2, 0.25) is 0 Å². The predicted octanol–water partition coefficient (Wildman–Crippen LogP) is 1.98. The lowest BCUT2D eigenvalue weighted by atomic mass is 10.1. The minimum absolute atomic E-state index is 0.211. The fraction of sp³-hybridized carbons (Fsp3) is 0.375. The number of aromatic nitrogens is 1. The van der Waals surface area contributed by atoms with Crippen LogP contribution in [0, 0.1) is 0 Å². The summed E-state index contributed by atoms with van der Waals surface area (Å²) in [5, 5.41) is 12.8. The Morgan fingerprint density at radius 1 is 1.45 bits per heavy atom. The van der Waals surface area contributed by atoms with Gasteiger partial charge in [-0.2, -0.15) is 0 Å². The fourth-order valence-electron chi connectivity index (χ4n) is 2.11. The van der Waals surface area contributed by atoms with Crippen molar-refractivity contribution in [2.45, 2.75) is 25.5 Å². The van der Waals surface area contributed by atoms with Crippen LogP contribution in [0.3, 0.4) is 0 Å². The molecule has 0 aliphatic rings. The zero-order valence-electron chi connectivity index (χ0n) is 13.0. The Hall–Kier alpha value is -2.34. The van der Waals surface area contributed by atoms with Gasteiger partial charge in [0.15, 0.2) is 0 Å². The number of hydrogen-bond acceptors (Lipinski definition) is 5. The zero-order chi connectivity index (χ0) is 16.1. The van der Waals surface area contributed by atoms with Crippen molar-refractivity contribution in [1.82, 2.24) is 10.3 Å². The number of carbonyl (C=O) groups is 1. The van der Waals surface area contributed by atoms with Gasteiger partial charge in [0.25, 0.3) is 5.91 Å². The van der Waals surface area contributed by atoms with Crippen LogP contribution in [0.1, 0.15) is 35.7 Å². The Kier molecular flexibility index (Phi) is 5.16. The van der Waals surface area contributed by atoms with E-state index in [9.17, 15) is 9.90 Å². The number of aliphatic hydroxyl groups excluding tert-OH is 1.